The first-order valence-corrected chi connectivity index (χ1v) is 8.41. The van der Waals surface area contributed by atoms with E-state index in [0.717, 1.165) is 23.9 Å². The normalized spacial score (nSPS) is 21.4. The molecule has 0 amide bonds. The van der Waals surface area contributed by atoms with Crippen LogP contribution in [0.25, 0.3) is 0 Å². The van der Waals surface area contributed by atoms with Gasteiger partial charge in [-0.1, -0.05) is 35.9 Å². The standard InChI is InChI=1S/C19H20ClNO/c20-15-5-6-16-14(11-15)12-22-18-4-2-1-3-17(18)19(16)13-7-9-21-10-8-13/h1-6,11,13,19,21H,7-10,12H2. The minimum absolute atomic E-state index is 0.410. The van der Waals surface area contributed by atoms with Gasteiger partial charge in [0, 0.05) is 16.5 Å². The molecule has 2 aliphatic rings. The van der Waals surface area contributed by atoms with Gasteiger partial charge in [0.1, 0.15) is 12.4 Å². The second-order valence-electron chi connectivity index (χ2n) is 6.23. The summed E-state index contributed by atoms with van der Waals surface area (Å²) < 4.78 is 6.08. The summed E-state index contributed by atoms with van der Waals surface area (Å²) in [6.45, 7) is 2.81. The first-order valence-electron chi connectivity index (χ1n) is 8.04. The zero-order valence-electron chi connectivity index (χ0n) is 12.5. The van der Waals surface area contributed by atoms with Crippen LogP contribution in [0.5, 0.6) is 5.75 Å². The van der Waals surface area contributed by atoms with Gasteiger partial charge in [-0.15, -0.1) is 0 Å². The summed E-state index contributed by atoms with van der Waals surface area (Å²) in [7, 11) is 0. The molecule has 22 heavy (non-hydrogen) atoms. The quantitative estimate of drug-likeness (QED) is 0.844. The number of rotatable bonds is 1. The van der Waals surface area contributed by atoms with Crippen LogP contribution in [0.3, 0.4) is 0 Å². The molecule has 3 heteroatoms. The van der Waals surface area contributed by atoms with Crippen molar-refractivity contribution < 1.29 is 4.74 Å². The van der Waals surface area contributed by atoms with Gasteiger partial charge in [0.25, 0.3) is 0 Å². The molecule has 0 saturated carbocycles. The number of piperidine rings is 1. The highest BCUT2D eigenvalue weighted by Gasteiger charge is 2.32. The Balaban J connectivity index is 1.86. The Morgan fingerprint density at radius 3 is 2.68 bits per heavy atom. The van der Waals surface area contributed by atoms with Crippen molar-refractivity contribution in [2.75, 3.05) is 13.1 Å². The average molecular weight is 314 g/mol. The molecule has 2 aliphatic heterocycles. The van der Waals surface area contributed by atoms with Crippen molar-refractivity contribution in [3.63, 3.8) is 0 Å². The third kappa shape index (κ3) is 2.51. The van der Waals surface area contributed by atoms with Gasteiger partial charge in [-0.05, 0) is 61.2 Å². The van der Waals surface area contributed by atoms with E-state index in [2.05, 4.69) is 41.7 Å². The molecule has 1 fully saturated rings. The van der Waals surface area contributed by atoms with Crippen LogP contribution < -0.4 is 10.1 Å². The molecule has 0 bridgehead atoms. The molecule has 2 aromatic carbocycles. The van der Waals surface area contributed by atoms with E-state index < -0.39 is 0 Å². The largest absolute Gasteiger partial charge is 0.489 e. The molecule has 2 aromatic rings. The van der Waals surface area contributed by atoms with Crippen LogP contribution in [0.2, 0.25) is 5.02 Å². The molecular weight excluding hydrogens is 294 g/mol. The van der Waals surface area contributed by atoms with Crippen LogP contribution in [0.1, 0.15) is 35.4 Å². The van der Waals surface area contributed by atoms with E-state index in [9.17, 15) is 0 Å². The number of nitrogens with one attached hydrogen (secondary N) is 1. The molecule has 1 unspecified atom stereocenters. The fraction of sp³-hybridized carbons (Fsp3) is 0.368. The molecule has 2 heterocycles. The maximum Gasteiger partial charge on any atom is 0.123 e. The Kier molecular flexibility index (Phi) is 3.81. The highest BCUT2D eigenvalue weighted by atomic mass is 35.5. The van der Waals surface area contributed by atoms with Crippen molar-refractivity contribution in [2.24, 2.45) is 5.92 Å². The number of fused-ring (bicyclic) bond motifs is 2. The van der Waals surface area contributed by atoms with Crippen LogP contribution in [0.15, 0.2) is 42.5 Å². The summed E-state index contributed by atoms with van der Waals surface area (Å²) in [4.78, 5) is 0. The lowest BCUT2D eigenvalue weighted by Gasteiger charge is -2.32. The second kappa shape index (κ2) is 5.94. The van der Waals surface area contributed by atoms with Gasteiger partial charge in [0.05, 0.1) is 0 Å². The van der Waals surface area contributed by atoms with E-state index in [1.165, 1.54) is 29.5 Å². The predicted octanol–water partition coefficient (Wildman–Crippen LogP) is 4.36. The first-order chi connectivity index (χ1) is 10.8. The van der Waals surface area contributed by atoms with Gasteiger partial charge in [-0.3, -0.25) is 0 Å². The summed E-state index contributed by atoms with van der Waals surface area (Å²) in [6.07, 6.45) is 2.42. The number of benzene rings is 2. The predicted molar refractivity (Wildman–Crippen MR) is 89.7 cm³/mol. The summed E-state index contributed by atoms with van der Waals surface area (Å²) in [5.41, 5.74) is 3.95. The Labute approximate surface area is 136 Å². The number of hydrogen-bond acceptors (Lipinski definition) is 2. The third-order valence-corrected chi connectivity index (χ3v) is 5.17. The lowest BCUT2D eigenvalue weighted by atomic mass is 9.75. The van der Waals surface area contributed by atoms with E-state index in [1.54, 1.807) is 0 Å². The van der Waals surface area contributed by atoms with E-state index in [0.29, 0.717) is 18.4 Å². The molecular formula is C19H20ClNO. The summed E-state index contributed by atoms with van der Waals surface area (Å²) in [5.74, 6) is 2.09. The molecule has 4 rings (SSSR count). The molecule has 1 saturated heterocycles. The highest BCUT2D eigenvalue weighted by molar-refractivity contribution is 6.30. The van der Waals surface area contributed by atoms with Gasteiger partial charge in [-0.2, -0.15) is 0 Å². The number of hydrogen-bond donors (Lipinski definition) is 1. The lowest BCUT2D eigenvalue weighted by molar-refractivity contribution is 0.304. The summed E-state index contributed by atoms with van der Waals surface area (Å²) in [6, 6.07) is 14.8. The maximum atomic E-state index is 6.21. The molecule has 1 N–H and O–H groups in total. The highest BCUT2D eigenvalue weighted by Crippen LogP contribution is 2.44. The van der Waals surface area contributed by atoms with E-state index in [1.807, 2.05) is 6.07 Å². The number of ether oxygens (including phenoxy) is 1. The van der Waals surface area contributed by atoms with Crippen LogP contribution >= 0.6 is 11.6 Å². The molecule has 0 spiro atoms. The van der Waals surface area contributed by atoms with Crippen molar-refractivity contribution in [1.29, 1.82) is 0 Å². The van der Waals surface area contributed by atoms with Crippen molar-refractivity contribution in [3.8, 4) is 5.75 Å². The van der Waals surface area contributed by atoms with Crippen LogP contribution in [-0.4, -0.2) is 13.1 Å². The van der Waals surface area contributed by atoms with Crippen LogP contribution in [0.4, 0.5) is 0 Å². The SMILES string of the molecule is Clc1ccc2c(c1)COc1ccccc1C2C1CCNCC1. The second-order valence-corrected chi connectivity index (χ2v) is 6.67. The van der Waals surface area contributed by atoms with Crippen molar-refractivity contribution >= 4 is 11.6 Å². The Morgan fingerprint density at radius 2 is 1.82 bits per heavy atom. The Morgan fingerprint density at radius 1 is 1.00 bits per heavy atom. The fourth-order valence-corrected chi connectivity index (χ4v) is 4.07. The Hall–Kier alpha value is -1.51. The topological polar surface area (TPSA) is 21.3 Å². The molecule has 0 aliphatic carbocycles. The third-order valence-electron chi connectivity index (χ3n) is 4.93. The fourth-order valence-electron chi connectivity index (χ4n) is 3.88. The van der Waals surface area contributed by atoms with E-state index in [-0.39, 0.29) is 0 Å². The maximum absolute atomic E-state index is 6.21. The first kappa shape index (κ1) is 14.1. The van der Waals surface area contributed by atoms with Gasteiger partial charge < -0.3 is 10.1 Å². The molecule has 1 atom stereocenters. The van der Waals surface area contributed by atoms with Crippen molar-refractivity contribution in [3.05, 3.63) is 64.2 Å². The summed E-state index contributed by atoms with van der Waals surface area (Å²) >= 11 is 6.21. The summed E-state index contributed by atoms with van der Waals surface area (Å²) in [5, 5.41) is 4.26. The van der Waals surface area contributed by atoms with Gasteiger partial charge >= 0.3 is 0 Å². The molecule has 0 radical (unpaired) electrons. The minimum Gasteiger partial charge on any atom is -0.489 e. The zero-order chi connectivity index (χ0) is 14.9. The van der Waals surface area contributed by atoms with Crippen LogP contribution in [0, 0.1) is 5.92 Å². The van der Waals surface area contributed by atoms with E-state index in [4.69, 9.17) is 16.3 Å². The van der Waals surface area contributed by atoms with Crippen LogP contribution in [-0.2, 0) is 6.61 Å². The smallest absolute Gasteiger partial charge is 0.123 e. The molecule has 2 nitrogen and oxygen atoms in total. The van der Waals surface area contributed by atoms with Gasteiger partial charge in [-0.25, -0.2) is 0 Å². The Bertz CT molecular complexity index is 679. The average Bonchev–Trinajstić information content (AvgIpc) is 2.72. The molecule has 114 valence electrons. The minimum atomic E-state index is 0.410. The zero-order valence-corrected chi connectivity index (χ0v) is 13.3. The lowest BCUT2D eigenvalue weighted by Crippen LogP contribution is -2.31. The van der Waals surface area contributed by atoms with Gasteiger partial charge in [0.2, 0.25) is 0 Å². The van der Waals surface area contributed by atoms with Crippen molar-refractivity contribution in [2.45, 2.75) is 25.4 Å². The molecule has 0 aromatic heterocycles. The van der Waals surface area contributed by atoms with E-state index >= 15 is 0 Å². The number of halogens is 1. The number of para-hydroxylation sites is 1. The monoisotopic (exact) mass is 313 g/mol. The van der Waals surface area contributed by atoms with Crippen molar-refractivity contribution in [1.82, 2.24) is 5.32 Å². The van der Waals surface area contributed by atoms with Gasteiger partial charge in [0.15, 0.2) is 0 Å².